The molecule has 2 aromatic carbocycles. The molecule has 4 aromatic rings. The number of anilines is 1. The first kappa shape index (κ1) is 21.1. The van der Waals surface area contributed by atoms with E-state index in [0.717, 1.165) is 15.6 Å². The highest BCUT2D eigenvalue weighted by Gasteiger charge is 2.21. The summed E-state index contributed by atoms with van der Waals surface area (Å²) in [6.45, 7) is 6.92. The van der Waals surface area contributed by atoms with E-state index in [9.17, 15) is 4.79 Å². The molecule has 4 rings (SSSR count). The second kappa shape index (κ2) is 8.51. The van der Waals surface area contributed by atoms with Crippen LogP contribution in [0.5, 0.6) is 0 Å². The predicted octanol–water partition coefficient (Wildman–Crippen LogP) is 5.90. The minimum Gasteiger partial charge on any atom is -0.461 e. The van der Waals surface area contributed by atoms with Gasteiger partial charge >= 0.3 is 0 Å². The first-order chi connectivity index (χ1) is 14.8. The summed E-state index contributed by atoms with van der Waals surface area (Å²) in [4.78, 5) is 17.8. The van der Waals surface area contributed by atoms with Gasteiger partial charge < -0.3 is 9.73 Å². The Labute approximate surface area is 189 Å². The zero-order chi connectivity index (χ0) is 22.0. The molecular formula is C24H23BrN4O2. The van der Waals surface area contributed by atoms with E-state index in [1.807, 2.05) is 48.5 Å². The molecule has 2 aromatic heterocycles. The fourth-order valence-electron chi connectivity index (χ4n) is 3.10. The third-order valence-electron chi connectivity index (χ3n) is 4.90. The molecule has 0 radical (unpaired) electrons. The van der Waals surface area contributed by atoms with E-state index in [1.165, 1.54) is 4.68 Å². The summed E-state index contributed by atoms with van der Waals surface area (Å²) in [6, 6.07) is 19.1. The third-order valence-corrected chi connectivity index (χ3v) is 5.43. The highest BCUT2D eigenvalue weighted by Crippen LogP contribution is 2.24. The lowest BCUT2D eigenvalue weighted by atomic mass is 9.87. The van der Waals surface area contributed by atoms with Gasteiger partial charge in [-0.1, -0.05) is 61.0 Å². The molecule has 0 saturated heterocycles. The first-order valence-electron chi connectivity index (χ1n) is 9.96. The molecule has 2 heterocycles. The van der Waals surface area contributed by atoms with Crippen molar-refractivity contribution in [2.45, 2.75) is 32.7 Å². The van der Waals surface area contributed by atoms with Gasteiger partial charge in [-0.25, -0.2) is 0 Å². The Morgan fingerprint density at radius 3 is 2.39 bits per heavy atom. The van der Waals surface area contributed by atoms with Crippen molar-refractivity contribution < 1.29 is 9.21 Å². The molecule has 0 aliphatic rings. The lowest BCUT2D eigenvalue weighted by Crippen LogP contribution is -2.18. The van der Waals surface area contributed by atoms with Crippen molar-refractivity contribution in [3.63, 3.8) is 0 Å². The molecule has 0 amide bonds. The highest BCUT2D eigenvalue weighted by atomic mass is 79.9. The molecule has 0 unspecified atom stereocenters. The van der Waals surface area contributed by atoms with Gasteiger partial charge in [0.05, 0.1) is 6.26 Å². The van der Waals surface area contributed by atoms with E-state index >= 15 is 0 Å². The van der Waals surface area contributed by atoms with Gasteiger partial charge in [0.25, 0.3) is 5.91 Å². The van der Waals surface area contributed by atoms with E-state index in [0.29, 0.717) is 29.6 Å². The summed E-state index contributed by atoms with van der Waals surface area (Å²) in [5.74, 6) is 0.951. The zero-order valence-corrected chi connectivity index (χ0v) is 19.2. The maximum absolute atomic E-state index is 13.3. The minimum atomic E-state index is -0.260. The number of carbonyl (C=O) groups is 1. The number of benzene rings is 2. The number of carbonyl (C=O) groups excluding carboxylic acids is 1. The summed E-state index contributed by atoms with van der Waals surface area (Å²) >= 11 is 3.44. The lowest BCUT2D eigenvalue weighted by molar-refractivity contribution is 0.0947. The van der Waals surface area contributed by atoms with Crippen LogP contribution in [0.4, 0.5) is 5.95 Å². The Hall–Kier alpha value is -3.19. The van der Waals surface area contributed by atoms with Gasteiger partial charge in [0.2, 0.25) is 11.8 Å². The number of nitrogens with one attached hydrogen (secondary N) is 1. The van der Waals surface area contributed by atoms with Crippen LogP contribution in [-0.2, 0) is 12.0 Å². The van der Waals surface area contributed by atoms with E-state index in [4.69, 9.17) is 4.42 Å². The lowest BCUT2D eigenvalue weighted by Gasteiger charge is -2.19. The largest absolute Gasteiger partial charge is 0.461 e. The number of aromatic nitrogens is 3. The fourth-order valence-corrected chi connectivity index (χ4v) is 3.36. The van der Waals surface area contributed by atoms with Gasteiger partial charge in [-0.3, -0.25) is 4.79 Å². The highest BCUT2D eigenvalue weighted by molar-refractivity contribution is 9.10. The summed E-state index contributed by atoms with van der Waals surface area (Å²) < 4.78 is 7.72. The summed E-state index contributed by atoms with van der Waals surface area (Å²) in [5, 5.41) is 7.65. The smallest absolute Gasteiger partial charge is 0.281 e. The minimum absolute atomic E-state index is 0.0126. The average Bonchev–Trinajstić information content (AvgIpc) is 3.42. The second-order valence-corrected chi connectivity index (χ2v) is 9.18. The van der Waals surface area contributed by atoms with Crippen LogP contribution in [0.3, 0.4) is 0 Å². The summed E-state index contributed by atoms with van der Waals surface area (Å²) in [6.07, 6.45) is 1.55. The van der Waals surface area contributed by atoms with Crippen LogP contribution in [0, 0.1) is 0 Å². The Balaban J connectivity index is 1.64. The molecule has 0 fully saturated rings. The Kier molecular flexibility index (Phi) is 5.78. The molecule has 31 heavy (non-hydrogen) atoms. The van der Waals surface area contributed by atoms with Crippen molar-refractivity contribution in [1.29, 1.82) is 0 Å². The van der Waals surface area contributed by atoms with Crippen LogP contribution in [0.2, 0.25) is 0 Å². The van der Waals surface area contributed by atoms with E-state index in [-0.39, 0.29) is 11.3 Å². The predicted molar refractivity (Wildman–Crippen MR) is 124 cm³/mol. The van der Waals surface area contributed by atoms with Gasteiger partial charge in [-0.2, -0.15) is 9.67 Å². The molecule has 6 nitrogen and oxygen atoms in total. The van der Waals surface area contributed by atoms with Gasteiger partial charge in [-0.15, -0.1) is 5.10 Å². The van der Waals surface area contributed by atoms with Gasteiger partial charge in [0, 0.05) is 16.6 Å². The molecule has 0 aliphatic carbocycles. The molecule has 0 saturated carbocycles. The summed E-state index contributed by atoms with van der Waals surface area (Å²) in [7, 11) is 0. The number of furan rings is 1. The number of nitrogens with zero attached hydrogens (tertiary/aromatic N) is 3. The number of rotatable bonds is 5. The van der Waals surface area contributed by atoms with Crippen molar-refractivity contribution in [2.75, 3.05) is 5.32 Å². The molecule has 0 bridgehead atoms. The quantitative estimate of drug-likeness (QED) is 0.386. The van der Waals surface area contributed by atoms with Crippen LogP contribution >= 0.6 is 15.9 Å². The molecule has 0 atom stereocenters. The molecule has 0 spiro atoms. The first-order valence-corrected chi connectivity index (χ1v) is 10.7. The Bertz CT molecular complexity index is 1170. The van der Waals surface area contributed by atoms with Crippen LogP contribution in [0.15, 0.2) is 75.8 Å². The molecule has 7 heteroatoms. The number of hydrogen-bond donors (Lipinski definition) is 1. The van der Waals surface area contributed by atoms with Crippen molar-refractivity contribution in [1.82, 2.24) is 14.8 Å². The molecular weight excluding hydrogens is 456 g/mol. The maximum atomic E-state index is 13.3. The monoisotopic (exact) mass is 478 g/mol. The molecule has 158 valence electrons. The normalized spacial score (nSPS) is 11.5. The van der Waals surface area contributed by atoms with Crippen LogP contribution in [0.1, 0.15) is 42.3 Å². The van der Waals surface area contributed by atoms with Crippen molar-refractivity contribution >= 4 is 27.8 Å². The van der Waals surface area contributed by atoms with E-state index in [2.05, 4.69) is 52.1 Å². The van der Waals surface area contributed by atoms with Crippen LogP contribution < -0.4 is 5.32 Å². The van der Waals surface area contributed by atoms with Gasteiger partial charge in [0.1, 0.15) is 0 Å². The van der Waals surface area contributed by atoms with Crippen molar-refractivity contribution in [2.24, 2.45) is 0 Å². The Morgan fingerprint density at radius 2 is 1.77 bits per heavy atom. The fraction of sp³-hybridized carbons (Fsp3) is 0.208. The van der Waals surface area contributed by atoms with Crippen molar-refractivity contribution in [3.8, 4) is 11.6 Å². The number of hydrogen-bond acceptors (Lipinski definition) is 5. The van der Waals surface area contributed by atoms with Crippen LogP contribution in [-0.4, -0.2) is 20.7 Å². The standard InChI is InChI=1S/C24H23BrN4O2/c1-24(2,3)18-10-8-17(9-11-18)22(30)29-23(26-15-16-6-12-19(25)13-7-16)27-21(28-29)20-5-4-14-31-20/h4-14H,15H2,1-3H3,(H,26,27,28). The Morgan fingerprint density at radius 1 is 1.06 bits per heavy atom. The molecule has 1 N–H and O–H groups in total. The zero-order valence-electron chi connectivity index (χ0n) is 17.6. The summed E-state index contributed by atoms with van der Waals surface area (Å²) in [5.41, 5.74) is 2.76. The van der Waals surface area contributed by atoms with Crippen LogP contribution in [0.25, 0.3) is 11.6 Å². The van der Waals surface area contributed by atoms with Gasteiger partial charge in [0.15, 0.2) is 5.76 Å². The van der Waals surface area contributed by atoms with Crippen molar-refractivity contribution in [3.05, 3.63) is 88.1 Å². The topological polar surface area (TPSA) is 73.0 Å². The average molecular weight is 479 g/mol. The number of halogens is 1. The van der Waals surface area contributed by atoms with E-state index < -0.39 is 0 Å². The second-order valence-electron chi connectivity index (χ2n) is 8.26. The van der Waals surface area contributed by atoms with Gasteiger partial charge in [-0.05, 0) is 52.9 Å². The third kappa shape index (κ3) is 4.77. The maximum Gasteiger partial charge on any atom is 0.281 e. The van der Waals surface area contributed by atoms with E-state index in [1.54, 1.807) is 18.4 Å². The molecule has 0 aliphatic heterocycles. The SMILES string of the molecule is CC(C)(C)c1ccc(C(=O)n2nc(-c3ccco3)nc2NCc2ccc(Br)cc2)cc1.